The molecule has 0 unspecified atom stereocenters. The standard InChI is InChI=1S/C21H31N7O/c1-26(2)10-4-9-22-20-16-23-19(15-24-20)21(29)25-17-5-7-18(8-6-17)28-13-11-27(3)12-14-28/h5-8,15-16H,4,9-14H2,1-3H3,(H,22,24)(H,25,29). The van der Waals surface area contributed by atoms with Crippen molar-refractivity contribution in [3.8, 4) is 0 Å². The maximum atomic E-state index is 12.4. The molecule has 8 nitrogen and oxygen atoms in total. The molecule has 0 atom stereocenters. The molecule has 1 aromatic heterocycles. The summed E-state index contributed by atoms with van der Waals surface area (Å²) >= 11 is 0. The lowest BCUT2D eigenvalue weighted by molar-refractivity contribution is 0.102. The number of anilines is 3. The Labute approximate surface area is 172 Å². The van der Waals surface area contributed by atoms with E-state index in [1.54, 1.807) is 6.20 Å². The van der Waals surface area contributed by atoms with E-state index in [4.69, 9.17) is 0 Å². The van der Waals surface area contributed by atoms with Gasteiger partial charge in [-0.25, -0.2) is 9.97 Å². The van der Waals surface area contributed by atoms with E-state index in [0.29, 0.717) is 11.5 Å². The first kappa shape index (κ1) is 21.0. The number of carbonyl (C=O) groups excluding carboxylic acids is 1. The summed E-state index contributed by atoms with van der Waals surface area (Å²) in [5.74, 6) is 0.417. The molecule has 0 bridgehead atoms. The number of nitrogens with one attached hydrogen (secondary N) is 2. The van der Waals surface area contributed by atoms with Crippen molar-refractivity contribution < 1.29 is 4.79 Å². The van der Waals surface area contributed by atoms with Crippen LogP contribution in [0, 0.1) is 0 Å². The van der Waals surface area contributed by atoms with E-state index in [1.165, 1.54) is 11.9 Å². The maximum absolute atomic E-state index is 12.4. The average molecular weight is 398 g/mol. The third kappa shape index (κ3) is 6.40. The summed E-state index contributed by atoms with van der Waals surface area (Å²) in [6, 6.07) is 7.96. The summed E-state index contributed by atoms with van der Waals surface area (Å²) in [5.41, 5.74) is 2.23. The van der Waals surface area contributed by atoms with Crippen molar-refractivity contribution in [1.82, 2.24) is 19.8 Å². The molecule has 2 aromatic rings. The molecular weight excluding hydrogens is 366 g/mol. The fraction of sp³-hybridized carbons (Fsp3) is 0.476. The van der Waals surface area contributed by atoms with Crippen molar-refractivity contribution in [3.63, 3.8) is 0 Å². The third-order valence-corrected chi connectivity index (χ3v) is 4.97. The second-order valence-electron chi connectivity index (χ2n) is 7.66. The van der Waals surface area contributed by atoms with Crippen LogP contribution in [0.1, 0.15) is 16.9 Å². The number of hydrogen-bond donors (Lipinski definition) is 2. The van der Waals surface area contributed by atoms with E-state index < -0.39 is 0 Å². The molecule has 1 fully saturated rings. The SMILES string of the molecule is CN(C)CCCNc1cnc(C(=O)Nc2ccc(N3CCN(C)CC3)cc2)cn1. The second-order valence-corrected chi connectivity index (χ2v) is 7.66. The molecule has 1 amide bonds. The van der Waals surface area contributed by atoms with Gasteiger partial charge in [-0.05, 0) is 58.4 Å². The van der Waals surface area contributed by atoms with Crippen molar-refractivity contribution in [1.29, 1.82) is 0 Å². The first-order valence-electron chi connectivity index (χ1n) is 10.1. The highest BCUT2D eigenvalue weighted by Crippen LogP contribution is 2.19. The first-order chi connectivity index (χ1) is 14.0. The zero-order valence-corrected chi connectivity index (χ0v) is 17.6. The molecule has 0 saturated carbocycles. The highest BCUT2D eigenvalue weighted by molar-refractivity contribution is 6.02. The van der Waals surface area contributed by atoms with Crippen molar-refractivity contribution in [2.75, 3.05) is 75.9 Å². The van der Waals surface area contributed by atoms with Crippen LogP contribution in [0.15, 0.2) is 36.7 Å². The van der Waals surface area contributed by atoms with Gasteiger partial charge in [0.1, 0.15) is 11.5 Å². The van der Waals surface area contributed by atoms with Crippen LogP contribution >= 0.6 is 0 Å². The minimum absolute atomic E-state index is 0.260. The Morgan fingerprint density at radius 3 is 2.41 bits per heavy atom. The minimum atomic E-state index is -0.260. The summed E-state index contributed by atoms with van der Waals surface area (Å²) in [4.78, 5) is 27.8. The van der Waals surface area contributed by atoms with Gasteiger partial charge in [0.2, 0.25) is 0 Å². The third-order valence-electron chi connectivity index (χ3n) is 4.97. The molecule has 0 spiro atoms. The van der Waals surface area contributed by atoms with Crippen LogP contribution in [0.2, 0.25) is 0 Å². The van der Waals surface area contributed by atoms with E-state index in [1.807, 2.05) is 38.4 Å². The van der Waals surface area contributed by atoms with Crippen LogP contribution in [0.4, 0.5) is 17.2 Å². The molecule has 156 valence electrons. The monoisotopic (exact) mass is 397 g/mol. The van der Waals surface area contributed by atoms with E-state index in [2.05, 4.69) is 42.3 Å². The second kappa shape index (κ2) is 10.2. The summed E-state index contributed by atoms with van der Waals surface area (Å²) in [6.45, 7) is 6.00. The number of nitrogens with zero attached hydrogens (tertiary/aromatic N) is 5. The number of piperazine rings is 1. The Hall–Kier alpha value is -2.71. The van der Waals surface area contributed by atoms with E-state index in [9.17, 15) is 4.79 Å². The van der Waals surface area contributed by atoms with Gasteiger partial charge < -0.3 is 25.3 Å². The molecule has 2 N–H and O–H groups in total. The smallest absolute Gasteiger partial charge is 0.275 e. The molecule has 1 aromatic carbocycles. The van der Waals surface area contributed by atoms with Gasteiger partial charge in [-0.2, -0.15) is 0 Å². The summed E-state index contributed by atoms with van der Waals surface area (Å²) in [5, 5.41) is 6.10. The number of likely N-dealkylation sites (N-methyl/N-ethyl adjacent to an activating group) is 1. The highest BCUT2D eigenvalue weighted by Gasteiger charge is 2.14. The lowest BCUT2D eigenvalue weighted by Gasteiger charge is -2.34. The van der Waals surface area contributed by atoms with Crippen LogP contribution < -0.4 is 15.5 Å². The van der Waals surface area contributed by atoms with Gasteiger partial charge in [0, 0.05) is 44.1 Å². The molecule has 0 aliphatic carbocycles. The normalized spacial score (nSPS) is 14.8. The van der Waals surface area contributed by atoms with Crippen molar-refractivity contribution in [3.05, 3.63) is 42.4 Å². The Kier molecular flexibility index (Phi) is 7.37. The fourth-order valence-corrected chi connectivity index (χ4v) is 3.16. The Balaban J connectivity index is 1.49. The quantitative estimate of drug-likeness (QED) is 0.658. The maximum Gasteiger partial charge on any atom is 0.275 e. The minimum Gasteiger partial charge on any atom is -0.369 e. The topological polar surface area (TPSA) is 76.6 Å². The van der Waals surface area contributed by atoms with Crippen molar-refractivity contribution >= 4 is 23.1 Å². The van der Waals surface area contributed by atoms with Gasteiger partial charge in [-0.15, -0.1) is 0 Å². The number of aromatic nitrogens is 2. The molecule has 2 heterocycles. The highest BCUT2D eigenvalue weighted by atomic mass is 16.1. The molecule has 8 heteroatoms. The average Bonchev–Trinajstić information content (AvgIpc) is 2.73. The van der Waals surface area contributed by atoms with Gasteiger partial charge in [0.05, 0.1) is 12.4 Å². The first-order valence-corrected chi connectivity index (χ1v) is 10.1. The number of benzene rings is 1. The van der Waals surface area contributed by atoms with Gasteiger partial charge in [-0.3, -0.25) is 4.79 Å². The van der Waals surface area contributed by atoms with E-state index in [-0.39, 0.29) is 5.91 Å². The zero-order valence-electron chi connectivity index (χ0n) is 17.6. The predicted octanol–water partition coefficient (Wildman–Crippen LogP) is 1.84. The fourth-order valence-electron chi connectivity index (χ4n) is 3.16. The molecule has 3 rings (SSSR count). The number of hydrogen-bond acceptors (Lipinski definition) is 7. The van der Waals surface area contributed by atoms with Gasteiger partial charge in [0.15, 0.2) is 0 Å². The number of rotatable bonds is 8. The van der Waals surface area contributed by atoms with Crippen molar-refractivity contribution in [2.45, 2.75) is 6.42 Å². The van der Waals surface area contributed by atoms with Gasteiger partial charge in [0.25, 0.3) is 5.91 Å². The van der Waals surface area contributed by atoms with Crippen LogP contribution in [-0.2, 0) is 0 Å². The van der Waals surface area contributed by atoms with E-state index in [0.717, 1.165) is 51.4 Å². The molecule has 1 saturated heterocycles. The van der Waals surface area contributed by atoms with Crippen molar-refractivity contribution in [2.24, 2.45) is 0 Å². The predicted molar refractivity (Wildman–Crippen MR) is 118 cm³/mol. The number of amides is 1. The molecule has 1 aliphatic rings. The van der Waals surface area contributed by atoms with Crippen LogP contribution in [0.5, 0.6) is 0 Å². The lowest BCUT2D eigenvalue weighted by atomic mass is 10.2. The molecule has 1 aliphatic heterocycles. The number of carbonyl (C=O) groups is 1. The lowest BCUT2D eigenvalue weighted by Crippen LogP contribution is -2.44. The van der Waals surface area contributed by atoms with Crippen LogP contribution in [0.25, 0.3) is 0 Å². The molecule has 0 radical (unpaired) electrons. The Bertz CT molecular complexity index is 769. The zero-order chi connectivity index (χ0) is 20.6. The summed E-state index contributed by atoms with van der Waals surface area (Å²) in [7, 11) is 6.24. The van der Waals surface area contributed by atoms with Gasteiger partial charge in [-0.1, -0.05) is 0 Å². The van der Waals surface area contributed by atoms with Crippen LogP contribution in [-0.4, -0.2) is 86.1 Å². The summed E-state index contributed by atoms with van der Waals surface area (Å²) in [6.07, 6.45) is 4.12. The molecule has 29 heavy (non-hydrogen) atoms. The van der Waals surface area contributed by atoms with Crippen LogP contribution in [0.3, 0.4) is 0 Å². The van der Waals surface area contributed by atoms with E-state index >= 15 is 0 Å². The molecular formula is C21H31N7O. The Morgan fingerprint density at radius 2 is 1.79 bits per heavy atom. The van der Waals surface area contributed by atoms with Gasteiger partial charge >= 0.3 is 0 Å². The largest absolute Gasteiger partial charge is 0.369 e. The summed E-state index contributed by atoms with van der Waals surface area (Å²) < 4.78 is 0. The Morgan fingerprint density at radius 1 is 1.07 bits per heavy atom.